The van der Waals surface area contributed by atoms with Crippen molar-refractivity contribution in [2.24, 2.45) is 0 Å². The van der Waals surface area contributed by atoms with E-state index in [0.717, 1.165) is 37.2 Å². The molecule has 1 aliphatic heterocycles. The molecule has 126 valence electrons. The second-order valence-corrected chi connectivity index (χ2v) is 6.07. The largest absolute Gasteiger partial charge is 0.497 e. The van der Waals surface area contributed by atoms with Crippen molar-refractivity contribution in [1.82, 2.24) is 4.90 Å². The van der Waals surface area contributed by atoms with Crippen molar-refractivity contribution < 1.29 is 14.3 Å². The highest BCUT2D eigenvalue weighted by atomic mass is 16.5. The number of hydrogen-bond acceptors (Lipinski definition) is 4. The topological polar surface area (TPSA) is 38.8 Å². The van der Waals surface area contributed by atoms with Crippen molar-refractivity contribution >= 4 is 5.97 Å². The van der Waals surface area contributed by atoms with E-state index in [4.69, 9.17) is 9.47 Å². The van der Waals surface area contributed by atoms with E-state index in [9.17, 15) is 4.79 Å². The number of benzene rings is 2. The molecular formula is C20H23NO3. The molecule has 0 aliphatic carbocycles. The third-order valence-corrected chi connectivity index (χ3v) is 4.40. The summed E-state index contributed by atoms with van der Waals surface area (Å²) in [5, 5.41) is 0. The molecule has 2 aromatic rings. The van der Waals surface area contributed by atoms with Crippen LogP contribution in [0.1, 0.15) is 24.0 Å². The highest BCUT2D eigenvalue weighted by molar-refractivity contribution is 5.76. The fourth-order valence-corrected chi connectivity index (χ4v) is 3.07. The maximum Gasteiger partial charge on any atom is 0.323 e. The van der Waals surface area contributed by atoms with Crippen LogP contribution in [0.2, 0.25) is 0 Å². The molecular weight excluding hydrogens is 302 g/mol. The van der Waals surface area contributed by atoms with Gasteiger partial charge in [-0.15, -0.1) is 0 Å². The van der Waals surface area contributed by atoms with Crippen LogP contribution in [0, 0.1) is 0 Å². The summed E-state index contributed by atoms with van der Waals surface area (Å²) in [4.78, 5) is 14.7. The average Bonchev–Trinajstić information content (AvgIpc) is 3.09. The number of nitrogens with zero attached hydrogens (tertiary/aromatic N) is 1. The predicted octanol–water partition coefficient (Wildman–Crippen LogP) is 3.40. The number of ether oxygens (including phenoxy) is 2. The Kier molecular flexibility index (Phi) is 5.49. The molecule has 1 atom stereocenters. The van der Waals surface area contributed by atoms with Crippen molar-refractivity contribution in [2.45, 2.75) is 32.0 Å². The van der Waals surface area contributed by atoms with Crippen LogP contribution in [-0.4, -0.2) is 30.6 Å². The van der Waals surface area contributed by atoms with Crippen LogP contribution in [0.15, 0.2) is 54.6 Å². The Morgan fingerprint density at radius 1 is 1.08 bits per heavy atom. The third-order valence-electron chi connectivity index (χ3n) is 4.40. The Morgan fingerprint density at radius 2 is 1.83 bits per heavy atom. The second kappa shape index (κ2) is 7.97. The summed E-state index contributed by atoms with van der Waals surface area (Å²) in [5.41, 5.74) is 2.20. The summed E-state index contributed by atoms with van der Waals surface area (Å²) < 4.78 is 10.7. The monoisotopic (exact) mass is 325 g/mol. The van der Waals surface area contributed by atoms with Gasteiger partial charge in [-0.2, -0.15) is 0 Å². The number of esters is 1. The second-order valence-electron chi connectivity index (χ2n) is 6.07. The molecule has 0 amide bonds. The van der Waals surface area contributed by atoms with Crippen molar-refractivity contribution in [1.29, 1.82) is 0 Å². The molecule has 0 saturated carbocycles. The maximum absolute atomic E-state index is 12.5. The summed E-state index contributed by atoms with van der Waals surface area (Å²) >= 11 is 0. The average molecular weight is 325 g/mol. The highest BCUT2D eigenvalue weighted by Gasteiger charge is 2.31. The Bertz CT molecular complexity index is 654. The molecule has 24 heavy (non-hydrogen) atoms. The van der Waals surface area contributed by atoms with Crippen molar-refractivity contribution in [3.63, 3.8) is 0 Å². The van der Waals surface area contributed by atoms with Gasteiger partial charge in [0.05, 0.1) is 7.11 Å². The van der Waals surface area contributed by atoms with E-state index in [1.807, 2.05) is 42.5 Å². The van der Waals surface area contributed by atoms with Gasteiger partial charge in [0.2, 0.25) is 0 Å². The lowest BCUT2D eigenvalue weighted by Crippen LogP contribution is -2.36. The van der Waals surface area contributed by atoms with Crippen molar-refractivity contribution in [3.05, 3.63) is 65.7 Å². The molecule has 3 rings (SSSR count). The summed E-state index contributed by atoms with van der Waals surface area (Å²) in [5.74, 6) is 0.675. The molecule has 1 fully saturated rings. The number of likely N-dealkylation sites (tertiary alicyclic amines) is 1. The molecule has 1 unspecified atom stereocenters. The fourth-order valence-electron chi connectivity index (χ4n) is 3.07. The van der Waals surface area contributed by atoms with Crippen LogP contribution < -0.4 is 4.74 Å². The van der Waals surface area contributed by atoms with Gasteiger partial charge in [-0.05, 0) is 42.6 Å². The van der Waals surface area contributed by atoms with Crippen LogP contribution in [0.4, 0.5) is 0 Å². The number of rotatable bonds is 6. The molecule has 0 spiro atoms. The molecule has 0 radical (unpaired) electrons. The Hall–Kier alpha value is -2.33. The Labute approximate surface area is 143 Å². The zero-order valence-corrected chi connectivity index (χ0v) is 14.0. The van der Waals surface area contributed by atoms with Gasteiger partial charge in [-0.1, -0.05) is 42.5 Å². The van der Waals surface area contributed by atoms with Gasteiger partial charge in [0.15, 0.2) is 0 Å². The minimum atomic E-state index is -0.136. The molecule has 1 aliphatic rings. The van der Waals surface area contributed by atoms with E-state index >= 15 is 0 Å². The van der Waals surface area contributed by atoms with E-state index in [1.165, 1.54) is 5.56 Å². The van der Waals surface area contributed by atoms with E-state index < -0.39 is 0 Å². The number of methoxy groups -OCH3 is 1. The molecule has 4 heteroatoms. The first kappa shape index (κ1) is 16.5. The lowest BCUT2D eigenvalue weighted by atomic mass is 10.2. The van der Waals surface area contributed by atoms with Crippen LogP contribution in [0.5, 0.6) is 5.75 Å². The normalized spacial score (nSPS) is 17.6. The smallest absolute Gasteiger partial charge is 0.323 e. The molecule has 1 saturated heterocycles. The number of carbonyl (C=O) groups is 1. The standard InChI is InChI=1S/C20H23NO3/c1-23-18-11-9-17(10-12-18)15-24-20(22)19-8-5-13-21(19)14-16-6-3-2-4-7-16/h2-4,6-7,9-12,19H,5,8,13-15H2,1H3. The van der Waals surface area contributed by atoms with Crippen LogP contribution in [-0.2, 0) is 22.7 Å². The van der Waals surface area contributed by atoms with Gasteiger partial charge in [-0.25, -0.2) is 0 Å². The zero-order chi connectivity index (χ0) is 16.8. The first-order chi connectivity index (χ1) is 11.8. The van der Waals surface area contributed by atoms with E-state index in [0.29, 0.717) is 6.61 Å². The lowest BCUT2D eigenvalue weighted by Gasteiger charge is -2.23. The van der Waals surface area contributed by atoms with E-state index in [-0.39, 0.29) is 12.0 Å². The quantitative estimate of drug-likeness (QED) is 0.763. The minimum Gasteiger partial charge on any atom is -0.497 e. The Balaban J connectivity index is 1.55. The Morgan fingerprint density at radius 3 is 2.54 bits per heavy atom. The van der Waals surface area contributed by atoms with Gasteiger partial charge in [0.1, 0.15) is 18.4 Å². The third kappa shape index (κ3) is 4.15. The van der Waals surface area contributed by atoms with Crippen LogP contribution in [0.3, 0.4) is 0 Å². The number of carbonyl (C=O) groups excluding carboxylic acids is 1. The van der Waals surface area contributed by atoms with Gasteiger partial charge >= 0.3 is 5.97 Å². The van der Waals surface area contributed by atoms with Crippen LogP contribution >= 0.6 is 0 Å². The van der Waals surface area contributed by atoms with Crippen LogP contribution in [0.25, 0.3) is 0 Å². The molecule has 0 N–H and O–H groups in total. The van der Waals surface area contributed by atoms with Gasteiger partial charge in [0, 0.05) is 6.54 Å². The first-order valence-corrected chi connectivity index (χ1v) is 8.34. The summed E-state index contributed by atoms with van der Waals surface area (Å²) in [7, 11) is 1.64. The SMILES string of the molecule is COc1ccc(COC(=O)C2CCCN2Cc2ccccc2)cc1. The highest BCUT2D eigenvalue weighted by Crippen LogP contribution is 2.22. The van der Waals surface area contributed by atoms with Crippen molar-refractivity contribution in [3.8, 4) is 5.75 Å². The van der Waals surface area contributed by atoms with Gasteiger partial charge < -0.3 is 9.47 Å². The molecule has 0 bridgehead atoms. The number of hydrogen-bond donors (Lipinski definition) is 0. The molecule has 4 nitrogen and oxygen atoms in total. The summed E-state index contributed by atoms with van der Waals surface area (Å²) in [6.07, 6.45) is 1.91. The zero-order valence-electron chi connectivity index (χ0n) is 14.0. The van der Waals surface area contributed by atoms with Gasteiger partial charge in [0.25, 0.3) is 0 Å². The van der Waals surface area contributed by atoms with Crippen molar-refractivity contribution in [2.75, 3.05) is 13.7 Å². The lowest BCUT2D eigenvalue weighted by molar-refractivity contribution is -0.150. The van der Waals surface area contributed by atoms with E-state index in [2.05, 4.69) is 17.0 Å². The summed E-state index contributed by atoms with van der Waals surface area (Å²) in [6.45, 7) is 2.04. The molecule has 2 aromatic carbocycles. The molecule has 1 heterocycles. The predicted molar refractivity (Wildman–Crippen MR) is 92.7 cm³/mol. The summed E-state index contributed by atoms with van der Waals surface area (Å²) in [6, 6.07) is 17.7. The van der Waals surface area contributed by atoms with Gasteiger partial charge in [-0.3, -0.25) is 9.69 Å². The fraction of sp³-hybridized carbons (Fsp3) is 0.350. The van der Waals surface area contributed by atoms with E-state index in [1.54, 1.807) is 7.11 Å². The minimum absolute atomic E-state index is 0.126. The maximum atomic E-state index is 12.5. The molecule has 0 aromatic heterocycles. The first-order valence-electron chi connectivity index (χ1n) is 8.34.